The van der Waals surface area contributed by atoms with Gasteiger partial charge in [0, 0.05) is 0 Å². The van der Waals surface area contributed by atoms with E-state index >= 15 is 0 Å². The highest BCUT2D eigenvalue weighted by atomic mass is 32.2. The number of unbranched alkanes of at least 4 members (excludes halogenated alkanes) is 2. The van der Waals surface area contributed by atoms with Crippen LogP contribution in [0.25, 0.3) is 0 Å². The summed E-state index contributed by atoms with van der Waals surface area (Å²) >= 11 is 0. The Morgan fingerprint density at radius 3 is 2.20 bits per heavy atom. The Morgan fingerprint density at radius 2 is 1.80 bits per heavy atom. The second kappa shape index (κ2) is 8.91. The summed E-state index contributed by atoms with van der Waals surface area (Å²) in [6.07, 6.45) is 2.40. The molecule has 118 valence electrons. The van der Waals surface area contributed by atoms with E-state index < -0.39 is 39.8 Å². The van der Waals surface area contributed by atoms with Crippen molar-refractivity contribution in [2.24, 2.45) is 0 Å². The molecule has 2 atom stereocenters. The lowest BCUT2D eigenvalue weighted by atomic mass is 10.1. The molecule has 0 saturated carbocycles. The van der Waals surface area contributed by atoms with E-state index in [0.717, 1.165) is 19.3 Å². The van der Waals surface area contributed by atoms with Crippen LogP contribution < -0.4 is 0 Å². The zero-order valence-electron chi connectivity index (χ0n) is 11.7. The zero-order chi connectivity index (χ0) is 15.8. The fourth-order valence-electron chi connectivity index (χ4n) is 1.68. The smallest absolute Gasteiger partial charge is 0.327 e. The minimum absolute atomic E-state index is 0.466. The highest BCUT2D eigenvalue weighted by Crippen LogP contribution is 2.14. The Balaban J connectivity index is 4.68. The molecular formula is C12H22O7S. The van der Waals surface area contributed by atoms with E-state index in [1.54, 1.807) is 6.92 Å². The van der Waals surface area contributed by atoms with E-state index in [-0.39, 0.29) is 0 Å². The molecule has 0 radical (unpaired) electrons. The molecule has 2 unspecified atom stereocenters. The van der Waals surface area contributed by atoms with Crippen molar-refractivity contribution in [1.29, 1.82) is 0 Å². The van der Waals surface area contributed by atoms with Crippen molar-refractivity contribution in [3.63, 3.8) is 0 Å². The molecule has 7 nitrogen and oxygen atoms in total. The zero-order valence-corrected chi connectivity index (χ0v) is 12.6. The summed E-state index contributed by atoms with van der Waals surface area (Å²) < 4.78 is 36.0. The predicted molar refractivity (Wildman–Crippen MR) is 71.9 cm³/mol. The van der Waals surface area contributed by atoms with Crippen molar-refractivity contribution in [3.05, 3.63) is 0 Å². The number of carboxylic acid groups (broad SMARTS) is 1. The van der Waals surface area contributed by atoms with Gasteiger partial charge in [0.2, 0.25) is 0 Å². The van der Waals surface area contributed by atoms with Crippen molar-refractivity contribution in [2.45, 2.75) is 63.7 Å². The predicted octanol–water partition coefficient (Wildman–Crippen LogP) is 1.62. The molecule has 0 fully saturated rings. The summed E-state index contributed by atoms with van der Waals surface area (Å²) in [6.45, 7) is 3.80. The first-order chi connectivity index (χ1) is 9.22. The maximum absolute atomic E-state index is 11.7. The Morgan fingerprint density at radius 1 is 1.20 bits per heavy atom. The van der Waals surface area contributed by atoms with E-state index in [0.29, 0.717) is 12.8 Å². The molecule has 0 aromatic heterocycles. The van der Waals surface area contributed by atoms with Crippen molar-refractivity contribution in [1.82, 2.24) is 0 Å². The summed E-state index contributed by atoms with van der Waals surface area (Å²) in [5.41, 5.74) is 0. The average molecular weight is 310 g/mol. The fraction of sp³-hybridized carbons (Fsp3) is 0.833. The first-order valence-electron chi connectivity index (χ1n) is 6.60. The second-order valence-corrected chi connectivity index (χ2v) is 6.16. The topological polar surface area (TPSA) is 118 Å². The maximum atomic E-state index is 11.7. The van der Waals surface area contributed by atoms with Crippen LogP contribution in [0.4, 0.5) is 0 Å². The summed E-state index contributed by atoms with van der Waals surface area (Å²) in [6, 6.07) is 0. The highest BCUT2D eigenvalue weighted by Gasteiger charge is 2.36. The molecule has 0 aliphatic rings. The molecule has 0 aromatic rings. The Hall–Kier alpha value is -1.15. The third-order valence-electron chi connectivity index (χ3n) is 2.85. The Kier molecular flexibility index (Phi) is 8.40. The van der Waals surface area contributed by atoms with Crippen LogP contribution in [0, 0.1) is 0 Å². The minimum atomic E-state index is -4.79. The van der Waals surface area contributed by atoms with Gasteiger partial charge in [-0.15, -0.1) is 0 Å². The number of aliphatic carboxylic acids is 1. The Labute approximate surface area is 119 Å². The van der Waals surface area contributed by atoms with Gasteiger partial charge < -0.3 is 9.84 Å². The van der Waals surface area contributed by atoms with Crippen LogP contribution in [0.2, 0.25) is 0 Å². The molecule has 0 saturated heterocycles. The van der Waals surface area contributed by atoms with Crippen LogP contribution in [-0.4, -0.2) is 41.4 Å². The van der Waals surface area contributed by atoms with Gasteiger partial charge in [0.05, 0.1) is 6.42 Å². The molecule has 20 heavy (non-hydrogen) atoms. The summed E-state index contributed by atoms with van der Waals surface area (Å²) in [5, 5.41) is 6.51. The molecule has 0 heterocycles. The fourth-order valence-corrected chi connectivity index (χ4v) is 2.33. The van der Waals surface area contributed by atoms with E-state index in [9.17, 15) is 18.0 Å². The average Bonchev–Trinajstić information content (AvgIpc) is 2.33. The quantitative estimate of drug-likeness (QED) is 0.357. The van der Waals surface area contributed by atoms with Gasteiger partial charge in [-0.3, -0.25) is 14.1 Å². The lowest BCUT2D eigenvalue weighted by Crippen LogP contribution is -2.36. The number of carbonyl (C=O) groups is 2. The molecule has 0 aliphatic carbocycles. The van der Waals surface area contributed by atoms with Gasteiger partial charge in [-0.1, -0.05) is 26.7 Å². The first kappa shape index (κ1) is 18.9. The van der Waals surface area contributed by atoms with Crippen LogP contribution in [0.3, 0.4) is 0 Å². The van der Waals surface area contributed by atoms with E-state index in [1.807, 2.05) is 6.92 Å². The number of rotatable bonds is 10. The molecule has 0 spiro atoms. The third-order valence-corrected chi connectivity index (χ3v) is 3.93. The largest absolute Gasteiger partial charge is 0.481 e. The molecule has 0 aliphatic heterocycles. The van der Waals surface area contributed by atoms with Crippen LogP contribution in [0.5, 0.6) is 0 Å². The normalized spacial score (nSPS) is 14.6. The molecule has 0 amide bonds. The van der Waals surface area contributed by atoms with Gasteiger partial charge >= 0.3 is 11.9 Å². The maximum Gasteiger partial charge on any atom is 0.327 e. The van der Waals surface area contributed by atoms with E-state index in [2.05, 4.69) is 0 Å². The number of hydrogen-bond donors (Lipinski definition) is 2. The van der Waals surface area contributed by atoms with Crippen molar-refractivity contribution < 1.29 is 32.4 Å². The van der Waals surface area contributed by atoms with Crippen molar-refractivity contribution in [2.75, 3.05) is 0 Å². The lowest BCUT2D eigenvalue weighted by Gasteiger charge is -2.18. The van der Waals surface area contributed by atoms with E-state index in [1.165, 1.54) is 0 Å². The standard InChI is InChI=1S/C12H22O7S/c1-3-5-6-7-9(4-2)19-12(15)10(8-11(13)14)20(16,17)18/h9-10H,3-8H2,1-2H3,(H,13,14)(H,16,17,18). The van der Waals surface area contributed by atoms with Gasteiger partial charge in [-0.25, -0.2) is 0 Å². The second-order valence-electron chi connectivity index (χ2n) is 4.56. The van der Waals surface area contributed by atoms with Crippen molar-refractivity contribution in [3.8, 4) is 0 Å². The van der Waals surface area contributed by atoms with E-state index in [4.69, 9.17) is 14.4 Å². The third kappa shape index (κ3) is 7.44. The van der Waals surface area contributed by atoms with Gasteiger partial charge in [0.15, 0.2) is 5.25 Å². The summed E-state index contributed by atoms with van der Waals surface area (Å²) in [4.78, 5) is 22.2. The SMILES string of the molecule is CCCCCC(CC)OC(=O)C(CC(=O)O)S(=O)(=O)O. The first-order valence-corrected chi connectivity index (χ1v) is 8.11. The summed E-state index contributed by atoms with van der Waals surface area (Å²) in [5.74, 6) is -2.71. The number of ether oxygens (including phenoxy) is 1. The highest BCUT2D eigenvalue weighted by molar-refractivity contribution is 7.87. The van der Waals surface area contributed by atoms with Gasteiger partial charge in [0.25, 0.3) is 10.1 Å². The number of esters is 1. The number of carboxylic acids is 1. The van der Waals surface area contributed by atoms with Gasteiger partial charge in [-0.2, -0.15) is 8.42 Å². The number of carbonyl (C=O) groups excluding carboxylic acids is 1. The minimum Gasteiger partial charge on any atom is -0.481 e. The summed E-state index contributed by atoms with van der Waals surface area (Å²) in [7, 11) is -4.79. The van der Waals surface area contributed by atoms with Crippen LogP contribution in [-0.2, 0) is 24.4 Å². The Bertz CT molecular complexity index is 416. The molecule has 0 bridgehead atoms. The van der Waals surface area contributed by atoms with Crippen LogP contribution in [0.1, 0.15) is 52.4 Å². The van der Waals surface area contributed by atoms with Gasteiger partial charge in [0.1, 0.15) is 6.10 Å². The molecule has 8 heteroatoms. The molecule has 0 rings (SSSR count). The lowest BCUT2D eigenvalue weighted by molar-refractivity contribution is -0.152. The molecule has 2 N–H and O–H groups in total. The molecular weight excluding hydrogens is 288 g/mol. The van der Waals surface area contributed by atoms with Crippen LogP contribution >= 0.6 is 0 Å². The number of hydrogen-bond acceptors (Lipinski definition) is 5. The monoisotopic (exact) mass is 310 g/mol. The van der Waals surface area contributed by atoms with Crippen molar-refractivity contribution >= 4 is 22.1 Å². The van der Waals surface area contributed by atoms with Gasteiger partial charge in [-0.05, 0) is 19.3 Å². The molecule has 0 aromatic carbocycles. The van der Waals surface area contributed by atoms with Crippen LogP contribution in [0.15, 0.2) is 0 Å².